The Morgan fingerprint density at radius 2 is 1.63 bits per heavy atom. The number of ketones is 1. The van der Waals surface area contributed by atoms with Gasteiger partial charge in [-0.15, -0.1) is 11.3 Å². The normalized spacial score (nSPS) is 15.6. The predicted octanol–water partition coefficient (Wildman–Crippen LogP) is 7.16. The van der Waals surface area contributed by atoms with Gasteiger partial charge in [0.25, 0.3) is 0 Å². The van der Waals surface area contributed by atoms with Crippen molar-refractivity contribution in [1.82, 2.24) is 4.90 Å². The number of anilines is 1. The largest absolute Gasteiger partial charge is 0.481 e. The van der Waals surface area contributed by atoms with Crippen LogP contribution in [0.5, 0.6) is 0 Å². The van der Waals surface area contributed by atoms with Gasteiger partial charge in [-0.1, -0.05) is 6.07 Å². The molecule has 3 aromatic rings. The Kier molecular flexibility index (Phi) is 9.27. The first kappa shape index (κ1) is 34.4. The van der Waals surface area contributed by atoms with Crippen LogP contribution in [-0.4, -0.2) is 40.8 Å². The van der Waals surface area contributed by atoms with Gasteiger partial charge in [-0.05, 0) is 67.8 Å². The number of aliphatic carboxylic acids is 1. The summed E-state index contributed by atoms with van der Waals surface area (Å²) in [5.41, 5.74) is -4.57. The van der Waals surface area contributed by atoms with Gasteiger partial charge in [0.05, 0.1) is 51.7 Å². The van der Waals surface area contributed by atoms with Crippen molar-refractivity contribution in [1.29, 1.82) is 5.26 Å². The second-order valence-corrected chi connectivity index (χ2v) is 12.5. The van der Waals surface area contributed by atoms with E-state index in [2.05, 4.69) is 5.32 Å². The third-order valence-corrected chi connectivity index (χ3v) is 9.06. The molecule has 1 aliphatic rings. The number of thiophene rings is 1. The highest BCUT2D eigenvalue weighted by molar-refractivity contribution is 7.16. The fraction of sp³-hybridized carbons (Fsp3) is 0.355. The van der Waals surface area contributed by atoms with Crippen LogP contribution in [0.3, 0.4) is 0 Å². The number of carboxylic acids is 1. The number of carbonyl (C=O) groups excluding carboxylic acids is 2. The molecular weight excluding hydrogens is 643 g/mol. The van der Waals surface area contributed by atoms with Crippen LogP contribution in [0.4, 0.5) is 36.4 Å². The van der Waals surface area contributed by atoms with E-state index in [4.69, 9.17) is 0 Å². The summed E-state index contributed by atoms with van der Waals surface area (Å²) in [5.74, 6) is -3.90. The Morgan fingerprint density at radius 3 is 2.13 bits per heavy atom. The lowest BCUT2D eigenvalue weighted by Crippen LogP contribution is -2.35. The number of rotatable bonds is 9. The van der Waals surface area contributed by atoms with Crippen molar-refractivity contribution in [2.24, 2.45) is 5.92 Å². The van der Waals surface area contributed by atoms with E-state index in [0.717, 1.165) is 11.3 Å². The fourth-order valence-electron chi connectivity index (χ4n) is 5.08. The molecule has 46 heavy (non-hydrogen) atoms. The molecule has 7 nitrogen and oxygen atoms in total. The van der Waals surface area contributed by atoms with E-state index >= 15 is 0 Å². The molecule has 2 N–H and O–H groups in total. The number of Topliss-reactive ketones (excluding diaryl/α,β-unsaturated/α-hetero) is 1. The van der Waals surface area contributed by atoms with Gasteiger partial charge in [-0.2, -0.15) is 31.6 Å². The van der Waals surface area contributed by atoms with Crippen molar-refractivity contribution in [2.45, 2.75) is 51.5 Å². The zero-order chi connectivity index (χ0) is 34.4. The van der Waals surface area contributed by atoms with Crippen LogP contribution < -0.4 is 5.32 Å². The van der Waals surface area contributed by atoms with Crippen LogP contribution >= 0.6 is 11.3 Å². The number of nitrogens with one attached hydrogen (secondary N) is 1. The van der Waals surface area contributed by atoms with Crippen molar-refractivity contribution in [3.05, 3.63) is 74.9 Å². The minimum absolute atomic E-state index is 0.0145. The summed E-state index contributed by atoms with van der Waals surface area (Å²) in [7, 11) is 0. The number of aryl methyl sites for hydroxylation is 1. The minimum atomic E-state index is -5.12. The van der Waals surface area contributed by atoms with Crippen LogP contribution in [0.1, 0.15) is 53.0 Å². The van der Waals surface area contributed by atoms with Crippen LogP contribution in [0.2, 0.25) is 0 Å². The standard InChI is InChI=1S/C31H26F7N3O4S/c1-15-6-20(32)4-5-21(15)27-26(22(11-39)23(46-27)14-41-13-16(28(44)45)7-25(41)43)40-12-24(42)29(2,3)17-8-18(30(33,34)35)10-19(9-17)31(36,37)38/h4-6,8-10,16,40H,7,12-14H2,1-3H3,(H,44,45). The molecule has 0 spiro atoms. The summed E-state index contributed by atoms with van der Waals surface area (Å²) in [5, 5.41) is 22.3. The lowest BCUT2D eigenvalue weighted by molar-refractivity contribution is -0.144. The second-order valence-electron chi connectivity index (χ2n) is 11.4. The number of halogens is 7. The Labute approximate surface area is 262 Å². The van der Waals surface area contributed by atoms with Crippen LogP contribution in [0.25, 0.3) is 10.4 Å². The predicted molar refractivity (Wildman–Crippen MR) is 153 cm³/mol. The zero-order valence-electron chi connectivity index (χ0n) is 24.5. The molecule has 0 radical (unpaired) electrons. The third kappa shape index (κ3) is 7.01. The average molecular weight is 670 g/mol. The first-order valence-electron chi connectivity index (χ1n) is 13.6. The molecule has 1 fully saturated rings. The van der Waals surface area contributed by atoms with Crippen molar-refractivity contribution < 1.29 is 50.2 Å². The molecule has 2 heterocycles. The maximum atomic E-state index is 13.9. The molecule has 1 aliphatic heterocycles. The molecular formula is C31H26F7N3O4S. The van der Waals surface area contributed by atoms with E-state index in [-0.39, 0.29) is 36.8 Å². The van der Waals surface area contributed by atoms with E-state index in [9.17, 15) is 55.5 Å². The van der Waals surface area contributed by atoms with Gasteiger partial charge < -0.3 is 15.3 Å². The average Bonchev–Trinajstić information content (AvgIpc) is 3.49. The van der Waals surface area contributed by atoms with Crippen LogP contribution in [0.15, 0.2) is 36.4 Å². The van der Waals surface area contributed by atoms with Crippen molar-refractivity contribution in [3.8, 4) is 16.5 Å². The van der Waals surface area contributed by atoms with Gasteiger partial charge in [0.2, 0.25) is 5.91 Å². The summed E-state index contributed by atoms with van der Waals surface area (Å²) in [6.07, 6.45) is -10.5. The van der Waals surface area contributed by atoms with Gasteiger partial charge in [-0.3, -0.25) is 14.4 Å². The molecule has 1 atom stereocenters. The third-order valence-electron chi connectivity index (χ3n) is 7.86. The molecule has 0 saturated carbocycles. The van der Waals surface area contributed by atoms with Crippen molar-refractivity contribution >= 4 is 34.7 Å². The Hall–Kier alpha value is -4.45. The monoisotopic (exact) mass is 669 g/mol. The number of nitriles is 1. The minimum Gasteiger partial charge on any atom is -0.481 e. The number of likely N-dealkylation sites (tertiary alicyclic amines) is 1. The summed E-state index contributed by atoms with van der Waals surface area (Å²) in [6, 6.07) is 6.78. The number of carboxylic acid groups (broad SMARTS) is 1. The van der Waals surface area contributed by atoms with Gasteiger partial charge in [0, 0.05) is 17.8 Å². The second kappa shape index (κ2) is 12.4. The SMILES string of the molecule is Cc1cc(F)ccc1-c1sc(CN2CC(C(=O)O)CC2=O)c(C#N)c1NCC(=O)C(C)(C)c1cc(C(F)(F)F)cc(C(F)(F)F)c1. The summed E-state index contributed by atoms with van der Waals surface area (Å²) in [6.45, 7) is 3.07. The zero-order valence-corrected chi connectivity index (χ0v) is 25.3. The topological polar surface area (TPSA) is 110 Å². The first-order valence-corrected chi connectivity index (χ1v) is 14.5. The van der Waals surface area contributed by atoms with Crippen molar-refractivity contribution in [2.75, 3.05) is 18.4 Å². The lowest BCUT2D eigenvalue weighted by Gasteiger charge is -2.26. The highest BCUT2D eigenvalue weighted by Crippen LogP contribution is 2.44. The maximum absolute atomic E-state index is 13.9. The van der Waals surface area contributed by atoms with Crippen LogP contribution in [0, 0.1) is 30.0 Å². The van der Waals surface area contributed by atoms with Crippen LogP contribution in [-0.2, 0) is 38.7 Å². The summed E-state index contributed by atoms with van der Waals surface area (Å²) < 4.78 is 95.0. The van der Waals surface area contributed by atoms with E-state index in [1.807, 2.05) is 6.07 Å². The number of hydrogen-bond donors (Lipinski definition) is 2. The molecule has 1 saturated heterocycles. The smallest absolute Gasteiger partial charge is 0.416 e. The number of nitrogens with zero attached hydrogens (tertiary/aromatic N) is 2. The summed E-state index contributed by atoms with van der Waals surface area (Å²) >= 11 is 1.04. The molecule has 1 unspecified atom stereocenters. The van der Waals surface area contributed by atoms with Gasteiger partial charge in [0.1, 0.15) is 11.9 Å². The maximum Gasteiger partial charge on any atom is 0.416 e. The fourth-order valence-corrected chi connectivity index (χ4v) is 6.41. The Morgan fingerprint density at radius 1 is 1.04 bits per heavy atom. The quantitative estimate of drug-likeness (QED) is 0.234. The Balaban J connectivity index is 1.73. The Bertz CT molecular complexity index is 1720. The summed E-state index contributed by atoms with van der Waals surface area (Å²) in [4.78, 5) is 39.4. The number of carbonyl (C=O) groups is 3. The molecule has 4 rings (SSSR count). The van der Waals surface area contributed by atoms with E-state index in [0.29, 0.717) is 33.0 Å². The number of amides is 1. The van der Waals surface area contributed by atoms with Gasteiger partial charge in [-0.25, -0.2) is 4.39 Å². The number of hydrogen-bond acceptors (Lipinski definition) is 6. The molecule has 0 aliphatic carbocycles. The van der Waals surface area contributed by atoms with Crippen molar-refractivity contribution in [3.63, 3.8) is 0 Å². The van der Waals surface area contributed by atoms with E-state index in [1.165, 1.54) is 36.9 Å². The molecule has 2 aromatic carbocycles. The van der Waals surface area contributed by atoms with E-state index < -0.39 is 70.4 Å². The lowest BCUT2D eigenvalue weighted by atomic mass is 9.79. The molecule has 0 bridgehead atoms. The first-order chi connectivity index (χ1) is 21.2. The number of alkyl halides is 6. The highest BCUT2D eigenvalue weighted by atomic mass is 32.1. The van der Waals surface area contributed by atoms with Gasteiger partial charge in [0.15, 0.2) is 5.78 Å². The molecule has 15 heteroatoms. The molecule has 1 amide bonds. The molecule has 1 aromatic heterocycles. The highest BCUT2D eigenvalue weighted by Gasteiger charge is 2.40. The van der Waals surface area contributed by atoms with Gasteiger partial charge >= 0.3 is 18.3 Å². The number of benzene rings is 2. The molecule has 244 valence electrons. The van der Waals surface area contributed by atoms with E-state index in [1.54, 1.807) is 6.92 Å².